The molecule has 0 radical (unpaired) electrons. The summed E-state index contributed by atoms with van der Waals surface area (Å²) in [4.78, 5) is 24.7. The van der Waals surface area contributed by atoms with Crippen molar-refractivity contribution in [2.75, 3.05) is 6.54 Å². The van der Waals surface area contributed by atoms with E-state index < -0.39 is 18.2 Å². The smallest absolute Gasteiger partial charge is 0.332 e. The summed E-state index contributed by atoms with van der Waals surface area (Å²) in [6.45, 7) is 0.499. The quantitative estimate of drug-likeness (QED) is 0.843. The summed E-state index contributed by atoms with van der Waals surface area (Å²) in [5.74, 6) is -0.751. The zero-order chi connectivity index (χ0) is 15.2. The monoisotopic (exact) mass is 292 g/mol. The number of ether oxygens (including phenoxy) is 1. The number of carbonyl (C=O) groups is 2. The average molecular weight is 292 g/mol. The van der Waals surface area contributed by atoms with Gasteiger partial charge in [0.15, 0.2) is 6.10 Å². The van der Waals surface area contributed by atoms with Crippen molar-refractivity contribution in [1.82, 2.24) is 4.90 Å². The van der Waals surface area contributed by atoms with Crippen molar-refractivity contribution in [3.05, 3.63) is 24.2 Å². The number of rotatable bonds is 6. The topological polar surface area (TPSA) is 104 Å². The molecule has 1 aliphatic rings. The molecule has 2 rings (SSSR count). The van der Waals surface area contributed by atoms with Crippen LogP contribution in [-0.4, -0.2) is 40.6 Å². The maximum absolute atomic E-state index is 12.4. The zero-order valence-electron chi connectivity index (χ0n) is 11.4. The Kier molecular flexibility index (Phi) is 4.95. The number of nitrogens with zero attached hydrogens (tertiary/aromatic N) is 2. The molecule has 2 atom stereocenters. The average Bonchev–Trinajstić information content (AvgIpc) is 3.13. The van der Waals surface area contributed by atoms with Crippen LogP contribution in [0, 0.1) is 11.3 Å². The van der Waals surface area contributed by atoms with Crippen LogP contribution in [0.3, 0.4) is 0 Å². The molecule has 1 aromatic heterocycles. The molecule has 1 saturated heterocycles. The third-order valence-corrected chi connectivity index (χ3v) is 3.30. The molecule has 1 aliphatic heterocycles. The van der Waals surface area contributed by atoms with Gasteiger partial charge in [-0.3, -0.25) is 4.79 Å². The molecule has 0 aromatic carbocycles. The third-order valence-electron chi connectivity index (χ3n) is 3.30. The number of aliphatic carboxylic acids is 1. The van der Waals surface area contributed by atoms with Crippen molar-refractivity contribution in [2.24, 2.45) is 0 Å². The first kappa shape index (κ1) is 15.1. The lowest BCUT2D eigenvalue weighted by atomic mass is 10.1. The van der Waals surface area contributed by atoms with Crippen molar-refractivity contribution in [2.45, 2.75) is 38.0 Å². The van der Waals surface area contributed by atoms with Crippen LogP contribution < -0.4 is 0 Å². The minimum absolute atomic E-state index is 0.196. The summed E-state index contributed by atoms with van der Waals surface area (Å²) in [7, 11) is 0. The normalized spacial score (nSPS) is 20.9. The van der Waals surface area contributed by atoms with Crippen LogP contribution in [0.1, 0.15) is 25.0 Å². The summed E-state index contributed by atoms with van der Waals surface area (Å²) in [6.07, 6.45) is 0.700. The fraction of sp³-hybridized carbons (Fsp3) is 0.500. The molecule has 0 bridgehead atoms. The lowest BCUT2D eigenvalue weighted by Gasteiger charge is -2.23. The highest BCUT2D eigenvalue weighted by molar-refractivity contribution is 5.82. The Hall–Kier alpha value is -2.33. The molecule has 0 aliphatic carbocycles. The summed E-state index contributed by atoms with van der Waals surface area (Å²) in [5.41, 5.74) is 0. The molecule has 1 fully saturated rings. The molecular weight excluding hydrogens is 276 g/mol. The molecule has 1 amide bonds. The SMILES string of the molecule is N#CCCN(Cc1ccco1)C(=O)C1CCC(C(=O)O)O1. The van der Waals surface area contributed by atoms with E-state index >= 15 is 0 Å². The lowest BCUT2D eigenvalue weighted by Crippen LogP contribution is -2.39. The second kappa shape index (κ2) is 6.90. The largest absolute Gasteiger partial charge is 0.479 e. The van der Waals surface area contributed by atoms with E-state index in [-0.39, 0.29) is 25.4 Å². The molecule has 2 unspecified atom stereocenters. The Morgan fingerprint density at radius 1 is 1.43 bits per heavy atom. The molecule has 0 spiro atoms. The number of hydrogen-bond acceptors (Lipinski definition) is 5. The van der Waals surface area contributed by atoms with E-state index in [1.54, 1.807) is 12.1 Å². The van der Waals surface area contributed by atoms with Gasteiger partial charge in [-0.1, -0.05) is 0 Å². The predicted molar refractivity (Wildman–Crippen MR) is 69.9 cm³/mol. The van der Waals surface area contributed by atoms with E-state index in [9.17, 15) is 9.59 Å². The fourth-order valence-electron chi connectivity index (χ4n) is 2.25. The molecule has 7 nitrogen and oxygen atoms in total. The third kappa shape index (κ3) is 3.83. The standard InChI is InChI=1S/C14H16N2O5/c15-6-2-7-16(9-10-3-1-8-20-10)13(17)11-4-5-12(21-11)14(18)19/h1,3,8,11-12H,2,4-5,7,9H2,(H,18,19). The summed E-state index contributed by atoms with van der Waals surface area (Å²) < 4.78 is 10.5. The molecular formula is C14H16N2O5. The molecule has 21 heavy (non-hydrogen) atoms. The summed E-state index contributed by atoms with van der Waals surface area (Å²) >= 11 is 0. The minimum atomic E-state index is -1.06. The van der Waals surface area contributed by atoms with Crippen LogP contribution in [0.15, 0.2) is 22.8 Å². The van der Waals surface area contributed by atoms with Crippen molar-refractivity contribution in [3.63, 3.8) is 0 Å². The van der Waals surface area contributed by atoms with E-state index in [2.05, 4.69) is 0 Å². The summed E-state index contributed by atoms with van der Waals surface area (Å²) in [6, 6.07) is 5.45. The second-order valence-corrected chi connectivity index (χ2v) is 4.78. The number of carbonyl (C=O) groups excluding carboxylic acids is 1. The first-order chi connectivity index (χ1) is 10.1. The van der Waals surface area contributed by atoms with E-state index in [4.69, 9.17) is 19.5 Å². The van der Waals surface area contributed by atoms with Crippen LogP contribution in [-0.2, 0) is 20.9 Å². The van der Waals surface area contributed by atoms with Crippen LogP contribution in [0.25, 0.3) is 0 Å². The number of amides is 1. The maximum Gasteiger partial charge on any atom is 0.332 e. The highest BCUT2D eigenvalue weighted by Crippen LogP contribution is 2.22. The van der Waals surface area contributed by atoms with Gasteiger partial charge in [0, 0.05) is 6.54 Å². The number of nitriles is 1. The second-order valence-electron chi connectivity index (χ2n) is 4.78. The number of hydrogen-bond donors (Lipinski definition) is 1. The number of carboxylic acid groups (broad SMARTS) is 1. The highest BCUT2D eigenvalue weighted by atomic mass is 16.5. The molecule has 0 saturated carbocycles. The molecule has 7 heteroatoms. The van der Waals surface area contributed by atoms with Gasteiger partial charge in [-0.25, -0.2) is 4.79 Å². The van der Waals surface area contributed by atoms with Crippen LogP contribution in [0.4, 0.5) is 0 Å². The van der Waals surface area contributed by atoms with Crippen molar-refractivity contribution < 1.29 is 23.8 Å². The van der Waals surface area contributed by atoms with Gasteiger partial charge in [0.1, 0.15) is 11.9 Å². The predicted octanol–water partition coefficient (Wildman–Crippen LogP) is 1.15. The van der Waals surface area contributed by atoms with E-state index in [0.29, 0.717) is 18.6 Å². The number of carboxylic acids is 1. The van der Waals surface area contributed by atoms with Crippen molar-refractivity contribution >= 4 is 11.9 Å². The Morgan fingerprint density at radius 2 is 2.19 bits per heavy atom. The Morgan fingerprint density at radius 3 is 2.76 bits per heavy atom. The van der Waals surface area contributed by atoms with E-state index in [0.717, 1.165) is 0 Å². The number of furan rings is 1. The van der Waals surface area contributed by atoms with Gasteiger partial charge in [0.05, 0.1) is 25.3 Å². The fourth-order valence-corrected chi connectivity index (χ4v) is 2.25. The minimum Gasteiger partial charge on any atom is -0.479 e. The molecule has 1 N–H and O–H groups in total. The van der Waals surface area contributed by atoms with Crippen LogP contribution in [0.5, 0.6) is 0 Å². The van der Waals surface area contributed by atoms with Gasteiger partial charge in [-0.15, -0.1) is 0 Å². The molecule has 1 aromatic rings. The van der Waals surface area contributed by atoms with Crippen LogP contribution in [0.2, 0.25) is 0 Å². The van der Waals surface area contributed by atoms with Gasteiger partial charge >= 0.3 is 5.97 Å². The van der Waals surface area contributed by atoms with Gasteiger partial charge in [0.2, 0.25) is 0 Å². The summed E-state index contributed by atoms with van der Waals surface area (Å²) in [5, 5.41) is 17.6. The first-order valence-electron chi connectivity index (χ1n) is 6.68. The Balaban J connectivity index is 2.00. The van der Waals surface area contributed by atoms with Crippen molar-refractivity contribution in [1.29, 1.82) is 5.26 Å². The van der Waals surface area contributed by atoms with E-state index in [1.807, 2.05) is 6.07 Å². The molecule has 2 heterocycles. The Bertz CT molecular complexity index is 534. The highest BCUT2D eigenvalue weighted by Gasteiger charge is 2.36. The maximum atomic E-state index is 12.4. The van der Waals surface area contributed by atoms with Crippen molar-refractivity contribution in [3.8, 4) is 6.07 Å². The first-order valence-corrected chi connectivity index (χ1v) is 6.68. The van der Waals surface area contributed by atoms with Gasteiger partial charge in [0.25, 0.3) is 5.91 Å². The van der Waals surface area contributed by atoms with Crippen LogP contribution >= 0.6 is 0 Å². The van der Waals surface area contributed by atoms with Gasteiger partial charge in [-0.05, 0) is 25.0 Å². The zero-order valence-corrected chi connectivity index (χ0v) is 11.4. The van der Waals surface area contributed by atoms with Gasteiger partial charge < -0.3 is 19.2 Å². The van der Waals surface area contributed by atoms with Gasteiger partial charge in [-0.2, -0.15) is 5.26 Å². The Labute approximate surface area is 121 Å². The van der Waals surface area contributed by atoms with E-state index in [1.165, 1.54) is 11.2 Å². The molecule has 112 valence electrons. The lowest BCUT2D eigenvalue weighted by molar-refractivity contribution is -0.155.